The van der Waals surface area contributed by atoms with Crippen molar-refractivity contribution in [1.82, 2.24) is 5.43 Å². The zero-order chi connectivity index (χ0) is 22.2. The van der Waals surface area contributed by atoms with Crippen LogP contribution in [0, 0.1) is 5.82 Å². The molecule has 0 bridgehead atoms. The molecule has 2 N–H and O–H groups in total. The molecule has 9 heteroatoms. The van der Waals surface area contributed by atoms with Crippen LogP contribution in [0.5, 0.6) is 5.75 Å². The molecule has 3 rings (SSSR count). The Morgan fingerprint density at radius 1 is 1.00 bits per heavy atom. The molecule has 0 fully saturated rings. The smallest absolute Gasteiger partial charge is 0.259 e. The summed E-state index contributed by atoms with van der Waals surface area (Å²) in [5.41, 5.74) is 4.90. The third kappa shape index (κ3) is 7.45. The van der Waals surface area contributed by atoms with Crippen LogP contribution in [0.1, 0.15) is 11.1 Å². The minimum Gasteiger partial charge on any atom is -0.487 e. The lowest BCUT2D eigenvalue weighted by molar-refractivity contribution is -0.119. The number of benzene rings is 3. The second-order valence-corrected chi connectivity index (χ2v) is 9.01. The highest BCUT2D eigenvalue weighted by Gasteiger charge is 2.09. The molecule has 0 aliphatic carbocycles. The van der Waals surface area contributed by atoms with Gasteiger partial charge in [0.25, 0.3) is 5.91 Å². The lowest BCUT2D eigenvalue weighted by Crippen LogP contribution is -2.25. The van der Waals surface area contributed by atoms with E-state index in [1.165, 1.54) is 18.3 Å². The molecule has 0 spiro atoms. The molecule has 0 aromatic heterocycles. The SMILES string of the molecule is O=C(CNc1ccc(F)cc1)N/N=C\c1cc(Br)c(OCc2ccc(Br)cc2)c(Br)c1. The molecule has 0 saturated carbocycles. The largest absolute Gasteiger partial charge is 0.487 e. The number of ether oxygens (including phenoxy) is 1. The van der Waals surface area contributed by atoms with Gasteiger partial charge in [0, 0.05) is 10.2 Å². The highest BCUT2D eigenvalue weighted by Crippen LogP contribution is 2.35. The van der Waals surface area contributed by atoms with E-state index >= 15 is 0 Å². The van der Waals surface area contributed by atoms with Crippen LogP contribution in [0.15, 0.2) is 79.2 Å². The van der Waals surface area contributed by atoms with Crippen LogP contribution >= 0.6 is 47.8 Å². The molecule has 160 valence electrons. The number of carbonyl (C=O) groups is 1. The van der Waals surface area contributed by atoms with Gasteiger partial charge < -0.3 is 10.1 Å². The van der Waals surface area contributed by atoms with Crippen LogP contribution in [-0.2, 0) is 11.4 Å². The summed E-state index contributed by atoms with van der Waals surface area (Å²) < 4.78 is 21.3. The maximum atomic E-state index is 12.9. The maximum absolute atomic E-state index is 12.9. The number of hydrogen-bond acceptors (Lipinski definition) is 4. The molecule has 3 aromatic rings. The summed E-state index contributed by atoms with van der Waals surface area (Å²) in [5, 5.41) is 6.86. The number of anilines is 1. The average Bonchev–Trinajstić information content (AvgIpc) is 2.74. The van der Waals surface area contributed by atoms with E-state index in [0.29, 0.717) is 18.0 Å². The third-order valence-electron chi connectivity index (χ3n) is 4.02. The Hall–Kier alpha value is -2.23. The first-order valence-corrected chi connectivity index (χ1v) is 11.5. The van der Waals surface area contributed by atoms with Crippen LogP contribution in [0.25, 0.3) is 0 Å². The van der Waals surface area contributed by atoms with E-state index in [-0.39, 0.29) is 18.3 Å². The molecule has 0 aliphatic heterocycles. The fourth-order valence-corrected chi connectivity index (χ4v) is 4.21. The van der Waals surface area contributed by atoms with Gasteiger partial charge in [0.15, 0.2) is 0 Å². The van der Waals surface area contributed by atoms with Crippen molar-refractivity contribution in [1.29, 1.82) is 0 Å². The minimum atomic E-state index is -0.332. The summed E-state index contributed by atoms with van der Waals surface area (Å²) in [4.78, 5) is 11.9. The minimum absolute atomic E-state index is 0.0131. The molecule has 5 nitrogen and oxygen atoms in total. The second kappa shape index (κ2) is 11.4. The molecular weight excluding hydrogens is 597 g/mol. The van der Waals surface area contributed by atoms with Crippen molar-refractivity contribution in [3.05, 3.63) is 91.0 Å². The molecule has 0 heterocycles. The number of nitrogens with one attached hydrogen (secondary N) is 2. The van der Waals surface area contributed by atoms with Crippen LogP contribution in [-0.4, -0.2) is 18.7 Å². The lowest BCUT2D eigenvalue weighted by atomic mass is 10.2. The highest BCUT2D eigenvalue weighted by molar-refractivity contribution is 9.11. The lowest BCUT2D eigenvalue weighted by Gasteiger charge is -2.11. The summed E-state index contributed by atoms with van der Waals surface area (Å²) in [6.07, 6.45) is 1.53. The Bertz CT molecular complexity index is 1050. The Morgan fingerprint density at radius 2 is 1.65 bits per heavy atom. The number of halogens is 4. The predicted octanol–water partition coefficient (Wildman–Crippen LogP) is 6.25. The number of nitrogens with zero attached hydrogens (tertiary/aromatic N) is 1. The van der Waals surface area contributed by atoms with Gasteiger partial charge in [-0.1, -0.05) is 28.1 Å². The number of amides is 1. The van der Waals surface area contributed by atoms with E-state index in [1.54, 1.807) is 12.1 Å². The fraction of sp³-hybridized carbons (Fsp3) is 0.0909. The van der Waals surface area contributed by atoms with E-state index in [0.717, 1.165) is 24.5 Å². The Morgan fingerprint density at radius 3 is 2.29 bits per heavy atom. The molecular formula is C22H17Br3FN3O2. The fourth-order valence-electron chi connectivity index (χ4n) is 2.50. The number of hydrazone groups is 1. The van der Waals surface area contributed by atoms with Gasteiger partial charge in [-0.15, -0.1) is 0 Å². The standard InChI is InChI=1S/C22H17Br3FN3O2/c23-16-3-1-14(2-4-16)13-31-22-19(24)9-15(10-20(22)25)11-28-29-21(30)12-27-18-7-5-17(26)6-8-18/h1-11,27H,12-13H2,(H,29,30)/b28-11-. The topological polar surface area (TPSA) is 62.7 Å². The molecule has 3 aromatic carbocycles. The van der Waals surface area contributed by atoms with Gasteiger partial charge in [0.05, 0.1) is 21.7 Å². The quantitative estimate of drug-likeness (QED) is 0.233. The van der Waals surface area contributed by atoms with Gasteiger partial charge in [0.1, 0.15) is 18.2 Å². The molecule has 0 radical (unpaired) electrons. The number of carbonyl (C=O) groups excluding carboxylic acids is 1. The van der Waals surface area contributed by atoms with Gasteiger partial charge in [-0.05, 0) is 91.5 Å². The van der Waals surface area contributed by atoms with Crippen molar-refractivity contribution < 1.29 is 13.9 Å². The Balaban J connectivity index is 1.52. The average molecular weight is 614 g/mol. The van der Waals surface area contributed by atoms with Gasteiger partial charge >= 0.3 is 0 Å². The first-order valence-electron chi connectivity index (χ1n) is 9.08. The van der Waals surface area contributed by atoms with Gasteiger partial charge in [-0.3, -0.25) is 4.79 Å². The van der Waals surface area contributed by atoms with Crippen LogP contribution in [0.2, 0.25) is 0 Å². The van der Waals surface area contributed by atoms with Crippen LogP contribution in [0.3, 0.4) is 0 Å². The first kappa shape index (κ1) is 23.4. The molecule has 0 saturated heterocycles. The second-order valence-electron chi connectivity index (χ2n) is 6.38. The summed E-state index contributed by atoms with van der Waals surface area (Å²) in [6, 6.07) is 17.3. The predicted molar refractivity (Wildman–Crippen MR) is 131 cm³/mol. The third-order valence-corrected chi connectivity index (χ3v) is 5.72. The van der Waals surface area contributed by atoms with Crippen LogP contribution < -0.4 is 15.5 Å². The van der Waals surface area contributed by atoms with Crippen LogP contribution in [0.4, 0.5) is 10.1 Å². The van der Waals surface area contributed by atoms with E-state index < -0.39 is 0 Å². The Kier molecular flexibility index (Phi) is 8.62. The van der Waals surface area contributed by atoms with Gasteiger partial charge in [-0.25, -0.2) is 9.82 Å². The highest BCUT2D eigenvalue weighted by atomic mass is 79.9. The van der Waals surface area contributed by atoms with Crippen molar-refractivity contribution in [3.8, 4) is 5.75 Å². The number of hydrogen-bond donors (Lipinski definition) is 2. The van der Waals surface area contributed by atoms with Gasteiger partial charge in [0.2, 0.25) is 0 Å². The molecule has 0 unspecified atom stereocenters. The van der Waals surface area contributed by atoms with Crippen molar-refractivity contribution in [3.63, 3.8) is 0 Å². The molecule has 31 heavy (non-hydrogen) atoms. The van der Waals surface area contributed by atoms with E-state index in [1.807, 2.05) is 36.4 Å². The summed E-state index contributed by atoms with van der Waals surface area (Å²) >= 11 is 10.4. The molecule has 1 amide bonds. The van der Waals surface area contributed by atoms with Gasteiger partial charge in [-0.2, -0.15) is 5.10 Å². The monoisotopic (exact) mass is 611 g/mol. The zero-order valence-corrected chi connectivity index (χ0v) is 20.8. The zero-order valence-electron chi connectivity index (χ0n) is 16.0. The Labute approximate surface area is 204 Å². The summed E-state index contributed by atoms with van der Waals surface area (Å²) in [5.74, 6) is 0.0161. The van der Waals surface area contributed by atoms with E-state index in [4.69, 9.17) is 4.74 Å². The first-order chi connectivity index (χ1) is 14.9. The van der Waals surface area contributed by atoms with Crippen molar-refractivity contribution in [2.75, 3.05) is 11.9 Å². The van der Waals surface area contributed by atoms with Crippen molar-refractivity contribution in [2.24, 2.45) is 5.10 Å². The number of rotatable bonds is 8. The van der Waals surface area contributed by atoms with E-state index in [2.05, 4.69) is 63.6 Å². The van der Waals surface area contributed by atoms with Crippen molar-refractivity contribution in [2.45, 2.75) is 6.61 Å². The maximum Gasteiger partial charge on any atom is 0.259 e. The normalized spacial score (nSPS) is 10.8. The molecule has 0 aliphatic rings. The summed E-state index contributed by atoms with van der Waals surface area (Å²) in [7, 11) is 0. The van der Waals surface area contributed by atoms with E-state index in [9.17, 15) is 9.18 Å². The molecule has 0 atom stereocenters. The summed E-state index contributed by atoms with van der Waals surface area (Å²) in [6.45, 7) is 0.439. The van der Waals surface area contributed by atoms with Crippen molar-refractivity contribution >= 4 is 65.6 Å².